The van der Waals surface area contributed by atoms with Crippen LogP contribution >= 0.6 is 0 Å². The molecule has 0 radical (unpaired) electrons. The molecule has 0 aliphatic carbocycles. The molecule has 0 atom stereocenters. The van der Waals surface area contributed by atoms with Crippen LogP contribution in [-0.4, -0.2) is 27.0 Å². The van der Waals surface area contributed by atoms with Gasteiger partial charge in [-0.05, 0) is 37.3 Å². The van der Waals surface area contributed by atoms with Crippen LogP contribution in [0, 0.1) is 0 Å². The van der Waals surface area contributed by atoms with Crippen molar-refractivity contribution >= 4 is 11.4 Å². The molecule has 21 heavy (non-hydrogen) atoms. The van der Waals surface area contributed by atoms with Crippen molar-refractivity contribution in [2.24, 2.45) is 5.10 Å². The summed E-state index contributed by atoms with van der Waals surface area (Å²) >= 11 is 0. The number of ether oxygens (including phenoxy) is 2. The molecule has 4 heteroatoms. The minimum atomic E-state index is 0.701. The first-order valence-electron chi connectivity index (χ1n) is 6.72. The number of hydrazone groups is 1. The fourth-order valence-corrected chi connectivity index (χ4v) is 2.05. The van der Waals surface area contributed by atoms with Gasteiger partial charge in [0.1, 0.15) is 0 Å². The van der Waals surface area contributed by atoms with Gasteiger partial charge in [0, 0.05) is 12.6 Å². The van der Waals surface area contributed by atoms with E-state index in [1.807, 2.05) is 67.5 Å². The maximum absolute atomic E-state index is 5.32. The highest BCUT2D eigenvalue weighted by molar-refractivity contribution is 5.99. The van der Waals surface area contributed by atoms with Gasteiger partial charge < -0.3 is 9.47 Å². The summed E-state index contributed by atoms with van der Waals surface area (Å²) in [7, 11) is 5.19. The molecule has 0 aliphatic heterocycles. The highest BCUT2D eigenvalue weighted by Gasteiger charge is 2.07. The maximum Gasteiger partial charge on any atom is 0.161 e. The Morgan fingerprint density at radius 1 is 0.952 bits per heavy atom. The van der Waals surface area contributed by atoms with Crippen LogP contribution in [0.5, 0.6) is 11.5 Å². The molecule has 0 aliphatic rings. The van der Waals surface area contributed by atoms with E-state index in [1.165, 1.54) is 0 Å². The Balaban J connectivity index is 2.27. The van der Waals surface area contributed by atoms with Crippen molar-refractivity contribution in [3.63, 3.8) is 0 Å². The molecule has 0 bridgehead atoms. The Bertz CT molecular complexity index is 624. The Hall–Kier alpha value is -2.49. The number of hydrogen-bond acceptors (Lipinski definition) is 4. The molecule has 0 fully saturated rings. The van der Waals surface area contributed by atoms with E-state index in [4.69, 9.17) is 9.47 Å². The van der Waals surface area contributed by atoms with Gasteiger partial charge in [0.2, 0.25) is 0 Å². The lowest BCUT2D eigenvalue weighted by atomic mass is 10.1. The molecule has 0 saturated heterocycles. The predicted octanol–water partition coefficient (Wildman–Crippen LogP) is 3.56. The number of methoxy groups -OCH3 is 2. The standard InChI is InChI=1S/C17H20N2O2/c1-13(18-19(2)15-8-6-5-7-9-15)14-10-11-16(20-3)17(12-14)21-4/h5-12H,1-4H3. The number of benzene rings is 2. The van der Waals surface area contributed by atoms with Crippen LogP contribution in [0.25, 0.3) is 0 Å². The third kappa shape index (κ3) is 3.54. The molecule has 2 aromatic rings. The summed E-state index contributed by atoms with van der Waals surface area (Å²) in [5.74, 6) is 1.41. The van der Waals surface area contributed by atoms with Crippen LogP contribution < -0.4 is 14.5 Å². The highest BCUT2D eigenvalue weighted by Crippen LogP contribution is 2.28. The lowest BCUT2D eigenvalue weighted by Crippen LogP contribution is -2.12. The number of nitrogens with zero attached hydrogens (tertiary/aromatic N) is 2. The van der Waals surface area contributed by atoms with Crippen LogP contribution in [0.15, 0.2) is 53.6 Å². The van der Waals surface area contributed by atoms with Crippen molar-refractivity contribution in [1.82, 2.24) is 0 Å². The van der Waals surface area contributed by atoms with Crippen LogP contribution in [0.1, 0.15) is 12.5 Å². The maximum atomic E-state index is 5.32. The first kappa shape index (κ1) is 14.9. The zero-order valence-corrected chi connectivity index (χ0v) is 12.8. The molecule has 110 valence electrons. The summed E-state index contributed by atoms with van der Waals surface area (Å²) in [6.45, 7) is 1.97. The number of hydrogen-bond donors (Lipinski definition) is 0. The van der Waals surface area contributed by atoms with Crippen molar-refractivity contribution in [2.45, 2.75) is 6.92 Å². The highest BCUT2D eigenvalue weighted by atomic mass is 16.5. The van der Waals surface area contributed by atoms with E-state index >= 15 is 0 Å². The SMILES string of the molecule is COc1ccc(C(C)=NN(C)c2ccccc2)cc1OC. The van der Waals surface area contributed by atoms with Gasteiger partial charge in [-0.2, -0.15) is 5.10 Å². The second-order valence-electron chi connectivity index (χ2n) is 4.61. The Morgan fingerprint density at radius 3 is 2.24 bits per heavy atom. The molecule has 0 aromatic heterocycles. The van der Waals surface area contributed by atoms with Gasteiger partial charge in [-0.15, -0.1) is 0 Å². The fourth-order valence-electron chi connectivity index (χ4n) is 2.05. The normalized spacial score (nSPS) is 11.1. The summed E-state index contributed by atoms with van der Waals surface area (Å²) in [5.41, 5.74) is 2.94. The van der Waals surface area contributed by atoms with Crippen LogP contribution in [0.3, 0.4) is 0 Å². The molecule has 0 N–H and O–H groups in total. The van der Waals surface area contributed by atoms with E-state index < -0.39 is 0 Å². The largest absolute Gasteiger partial charge is 0.493 e. The Kier molecular flexibility index (Phi) is 4.82. The van der Waals surface area contributed by atoms with E-state index in [-0.39, 0.29) is 0 Å². The minimum absolute atomic E-state index is 0.701. The second-order valence-corrected chi connectivity index (χ2v) is 4.61. The molecule has 0 unspecified atom stereocenters. The molecule has 2 rings (SSSR count). The molecule has 4 nitrogen and oxygen atoms in total. The van der Waals surface area contributed by atoms with Crippen LogP contribution in [0.2, 0.25) is 0 Å². The van der Waals surface area contributed by atoms with Crippen molar-refractivity contribution in [3.8, 4) is 11.5 Å². The van der Waals surface area contributed by atoms with E-state index in [1.54, 1.807) is 14.2 Å². The van der Waals surface area contributed by atoms with Gasteiger partial charge in [0.15, 0.2) is 11.5 Å². The Labute approximate surface area is 125 Å². The molecule has 0 amide bonds. The quantitative estimate of drug-likeness (QED) is 0.622. The third-order valence-electron chi connectivity index (χ3n) is 3.23. The summed E-state index contributed by atoms with van der Waals surface area (Å²) in [6, 6.07) is 15.8. The first-order valence-corrected chi connectivity index (χ1v) is 6.72. The summed E-state index contributed by atoms with van der Waals surface area (Å²) in [6.07, 6.45) is 0. The predicted molar refractivity (Wildman–Crippen MR) is 86.6 cm³/mol. The van der Waals surface area contributed by atoms with E-state index in [9.17, 15) is 0 Å². The fraction of sp³-hybridized carbons (Fsp3) is 0.235. The molecule has 2 aromatic carbocycles. The summed E-state index contributed by atoms with van der Waals surface area (Å²) in [4.78, 5) is 0. The van der Waals surface area contributed by atoms with Crippen LogP contribution in [-0.2, 0) is 0 Å². The van der Waals surface area contributed by atoms with E-state index in [2.05, 4.69) is 5.10 Å². The monoisotopic (exact) mass is 284 g/mol. The van der Waals surface area contributed by atoms with Crippen molar-refractivity contribution in [2.75, 3.05) is 26.3 Å². The van der Waals surface area contributed by atoms with Gasteiger partial charge in [0.25, 0.3) is 0 Å². The zero-order chi connectivity index (χ0) is 15.2. The molecular formula is C17H20N2O2. The van der Waals surface area contributed by atoms with E-state index in [0.717, 1.165) is 17.0 Å². The number of rotatable bonds is 5. The lowest BCUT2D eigenvalue weighted by molar-refractivity contribution is 0.355. The van der Waals surface area contributed by atoms with Crippen molar-refractivity contribution in [3.05, 3.63) is 54.1 Å². The van der Waals surface area contributed by atoms with Crippen molar-refractivity contribution < 1.29 is 9.47 Å². The molecule has 0 spiro atoms. The van der Waals surface area contributed by atoms with Crippen LogP contribution in [0.4, 0.5) is 5.69 Å². The van der Waals surface area contributed by atoms with Gasteiger partial charge in [0.05, 0.1) is 25.6 Å². The smallest absolute Gasteiger partial charge is 0.161 e. The lowest BCUT2D eigenvalue weighted by Gasteiger charge is -2.15. The summed E-state index contributed by atoms with van der Waals surface area (Å²) < 4.78 is 10.6. The topological polar surface area (TPSA) is 34.1 Å². The minimum Gasteiger partial charge on any atom is -0.493 e. The Morgan fingerprint density at radius 2 is 1.62 bits per heavy atom. The van der Waals surface area contributed by atoms with Gasteiger partial charge in [-0.25, -0.2) is 0 Å². The number of anilines is 1. The second kappa shape index (κ2) is 6.79. The molecular weight excluding hydrogens is 264 g/mol. The average Bonchev–Trinajstić information content (AvgIpc) is 2.54. The zero-order valence-electron chi connectivity index (χ0n) is 12.8. The summed E-state index contributed by atoms with van der Waals surface area (Å²) in [5, 5.41) is 6.46. The van der Waals surface area contributed by atoms with Gasteiger partial charge in [-0.3, -0.25) is 5.01 Å². The van der Waals surface area contributed by atoms with E-state index in [0.29, 0.717) is 11.5 Å². The molecule has 0 heterocycles. The number of para-hydroxylation sites is 1. The average molecular weight is 284 g/mol. The van der Waals surface area contributed by atoms with Gasteiger partial charge in [-0.1, -0.05) is 18.2 Å². The van der Waals surface area contributed by atoms with Crippen molar-refractivity contribution in [1.29, 1.82) is 0 Å². The molecule has 0 saturated carbocycles. The van der Waals surface area contributed by atoms with Gasteiger partial charge >= 0.3 is 0 Å². The third-order valence-corrected chi connectivity index (χ3v) is 3.23. The first-order chi connectivity index (χ1) is 10.2.